The van der Waals surface area contributed by atoms with Gasteiger partial charge in [-0.3, -0.25) is 0 Å². The second-order valence-electron chi connectivity index (χ2n) is 6.14. The summed E-state index contributed by atoms with van der Waals surface area (Å²) in [7, 11) is 0. The average molecular weight is 378 g/mol. The quantitative estimate of drug-likeness (QED) is 0.407. The predicted molar refractivity (Wildman–Crippen MR) is 127 cm³/mol. The first-order valence-electron chi connectivity index (χ1n) is 9.54. The fraction of sp³-hybridized carbons (Fsp3) is 0. The Bertz CT molecular complexity index is 876. The molecule has 0 aliphatic carbocycles. The first-order chi connectivity index (χ1) is 14.3. The van der Waals surface area contributed by atoms with Crippen molar-refractivity contribution in [3.63, 3.8) is 0 Å². The molecule has 4 rings (SSSR count). The van der Waals surface area contributed by atoms with Crippen molar-refractivity contribution in [2.24, 2.45) is 5.73 Å². The fourth-order valence-corrected chi connectivity index (χ4v) is 2.51. The van der Waals surface area contributed by atoms with Crippen molar-refractivity contribution in [3.05, 3.63) is 157 Å². The van der Waals surface area contributed by atoms with Gasteiger partial charge >= 0.3 is 0 Å². The van der Waals surface area contributed by atoms with Crippen LogP contribution in [0, 0.1) is 0 Å². The van der Waals surface area contributed by atoms with Gasteiger partial charge in [0, 0.05) is 0 Å². The molecular formula is C28H27N. The van der Waals surface area contributed by atoms with Gasteiger partial charge in [-0.1, -0.05) is 134 Å². The lowest BCUT2D eigenvalue weighted by molar-refractivity contribution is 1.56. The highest BCUT2D eigenvalue weighted by atomic mass is 14.5. The molecule has 1 heteroatoms. The summed E-state index contributed by atoms with van der Waals surface area (Å²) in [5.74, 6) is 0. The Labute approximate surface area is 174 Å². The van der Waals surface area contributed by atoms with Gasteiger partial charge in [-0.05, 0) is 34.5 Å². The lowest BCUT2D eigenvalue weighted by Gasteiger charge is -2.04. The van der Waals surface area contributed by atoms with Crippen LogP contribution in [0.2, 0.25) is 0 Å². The smallest absolute Gasteiger partial charge is 0.00564 e. The molecule has 1 nitrogen and oxygen atoms in total. The van der Waals surface area contributed by atoms with Gasteiger partial charge < -0.3 is 5.73 Å². The number of hydrogen-bond donors (Lipinski definition) is 1. The van der Waals surface area contributed by atoms with Crippen LogP contribution in [0.25, 0.3) is 11.6 Å². The molecule has 0 radical (unpaired) electrons. The third-order valence-electron chi connectivity index (χ3n) is 4.00. The molecule has 2 N–H and O–H groups in total. The van der Waals surface area contributed by atoms with Crippen LogP contribution in [-0.2, 0) is 0 Å². The van der Waals surface area contributed by atoms with Gasteiger partial charge in [0.15, 0.2) is 0 Å². The van der Waals surface area contributed by atoms with Crippen LogP contribution >= 0.6 is 0 Å². The fourth-order valence-electron chi connectivity index (χ4n) is 2.51. The Kier molecular flexibility index (Phi) is 9.88. The van der Waals surface area contributed by atoms with Crippen molar-refractivity contribution in [1.29, 1.82) is 0 Å². The summed E-state index contributed by atoms with van der Waals surface area (Å²) in [6, 6.07) is 42.4. The number of nitrogens with two attached hydrogens (primary N) is 1. The summed E-state index contributed by atoms with van der Waals surface area (Å²) in [5.41, 5.74) is 9.75. The van der Waals surface area contributed by atoms with E-state index in [-0.39, 0.29) is 0 Å². The van der Waals surface area contributed by atoms with E-state index in [1.165, 1.54) is 17.3 Å². The van der Waals surface area contributed by atoms with E-state index < -0.39 is 0 Å². The summed E-state index contributed by atoms with van der Waals surface area (Å²) < 4.78 is 0. The van der Waals surface area contributed by atoms with E-state index >= 15 is 0 Å². The van der Waals surface area contributed by atoms with Crippen molar-refractivity contribution in [3.8, 4) is 0 Å². The lowest BCUT2D eigenvalue weighted by Crippen LogP contribution is -1.84. The van der Waals surface area contributed by atoms with Crippen LogP contribution in [0.3, 0.4) is 0 Å². The van der Waals surface area contributed by atoms with Gasteiger partial charge in [-0.2, -0.15) is 0 Å². The Balaban J connectivity index is 0.000000171. The third-order valence-corrected chi connectivity index (χ3v) is 4.00. The molecular weight excluding hydrogens is 350 g/mol. The van der Waals surface area contributed by atoms with Crippen molar-refractivity contribution >= 4 is 11.6 Å². The first-order valence-corrected chi connectivity index (χ1v) is 9.54. The molecule has 29 heavy (non-hydrogen) atoms. The molecule has 4 aromatic carbocycles. The number of benzene rings is 4. The van der Waals surface area contributed by atoms with Crippen molar-refractivity contribution in [2.75, 3.05) is 0 Å². The molecule has 0 atom stereocenters. The molecule has 0 aromatic heterocycles. The standard InChI is InChI=1S/C14H12.C8H9N.C6H6/c1-12(13-8-4-2-5-9-13)14-10-6-3-7-11-14;9-7-6-8-4-2-1-3-5-8;1-2-4-6-5-3-1/h2-11H,1H2;1-7H,9H2;1-6H. The monoisotopic (exact) mass is 377 g/mol. The van der Waals surface area contributed by atoms with E-state index in [0.717, 1.165) is 11.1 Å². The second-order valence-corrected chi connectivity index (χ2v) is 6.14. The highest BCUT2D eigenvalue weighted by Crippen LogP contribution is 2.20. The predicted octanol–water partition coefficient (Wildman–Crippen LogP) is 7.05. The normalized spacial score (nSPS) is 9.52. The number of rotatable bonds is 3. The van der Waals surface area contributed by atoms with Gasteiger partial charge in [0.05, 0.1) is 0 Å². The van der Waals surface area contributed by atoms with E-state index in [1.807, 2.05) is 109 Å². The van der Waals surface area contributed by atoms with E-state index in [1.54, 1.807) is 0 Å². The minimum atomic E-state index is 1.08. The summed E-state index contributed by atoms with van der Waals surface area (Å²) in [4.78, 5) is 0. The molecule has 144 valence electrons. The van der Waals surface area contributed by atoms with Crippen molar-refractivity contribution < 1.29 is 0 Å². The van der Waals surface area contributed by atoms with Gasteiger partial charge in [-0.15, -0.1) is 0 Å². The highest BCUT2D eigenvalue weighted by molar-refractivity contribution is 5.77. The second kappa shape index (κ2) is 13.3. The Morgan fingerprint density at radius 2 is 0.828 bits per heavy atom. The van der Waals surface area contributed by atoms with E-state index in [4.69, 9.17) is 5.73 Å². The van der Waals surface area contributed by atoms with E-state index in [9.17, 15) is 0 Å². The van der Waals surface area contributed by atoms with Crippen LogP contribution in [0.15, 0.2) is 140 Å². The molecule has 0 heterocycles. The highest BCUT2D eigenvalue weighted by Gasteiger charge is 1.99. The molecule has 0 aliphatic rings. The molecule has 0 spiro atoms. The lowest BCUT2D eigenvalue weighted by atomic mass is 10.0. The minimum Gasteiger partial charge on any atom is -0.405 e. The minimum absolute atomic E-state index is 1.08. The summed E-state index contributed by atoms with van der Waals surface area (Å²) in [6.45, 7) is 4.10. The van der Waals surface area contributed by atoms with Crippen LogP contribution < -0.4 is 5.73 Å². The Hall–Kier alpha value is -3.84. The van der Waals surface area contributed by atoms with Gasteiger partial charge in [0.25, 0.3) is 0 Å². The molecule has 0 unspecified atom stereocenters. The zero-order valence-corrected chi connectivity index (χ0v) is 16.6. The Morgan fingerprint density at radius 1 is 0.517 bits per heavy atom. The van der Waals surface area contributed by atoms with Crippen LogP contribution in [0.5, 0.6) is 0 Å². The van der Waals surface area contributed by atoms with Crippen molar-refractivity contribution in [2.45, 2.75) is 0 Å². The summed E-state index contributed by atoms with van der Waals surface area (Å²) in [6.07, 6.45) is 3.40. The summed E-state index contributed by atoms with van der Waals surface area (Å²) in [5, 5.41) is 0. The molecule has 0 saturated heterocycles. The maximum absolute atomic E-state index is 5.18. The van der Waals surface area contributed by atoms with Gasteiger partial charge in [0.1, 0.15) is 0 Å². The molecule has 0 bridgehead atoms. The molecule has 0 fully saturated rings. The van der Waals surface area contributed by atoms with Crippen LogP contribution in [-0.4, -0.2) is 0 Å². The molecule has 0 saturated carbocycles. The average Bonchev–Trinajstić information content (AvgIpc) is 2.83. The van der Waals surface area contributed by atoms with E-state index in [2.05, 4.69) is 30.8 Å². The largest absolute Gasteiger partial charge is 0.405 e. The van der Waals surface area contributed by atoms with E-state index in [0.29, 0.717) is 0 Å². The summed E-state index contributed by atoms with van der Waals surface area (Å²) >= 11 is 0. The Morgan fingerprint density at radius 3 is 1.17 bits per heavy atom. The molecule has 0 amide bonds. The van der Waals surface area contributed by atoms with Gasteiger partial charge in [0.2, 0.25) is 0 Å². The topological polar surface area (TPSA) is 26.0 Å². The zero-order chi connectivity index (χ0) is 20.6. The molecule has 0 aliphatic heterocycles. The van der Waals surface area contributed by atoms with Crippen molar-refractivity contribution in [1.82, 2.24) is 0 Å². The molecule has 4 aromatic rings. The number of hydrogen-bond acceptors (Lipinski definition) is 1. The third kappa shape index (κ3) is 8.59. The van der Waals surface area contributed by atoms with Gasteiger partial charge in [-0.25, -0.2) is 0 Å². The SMILES string of the molecule is C=C(c1ccccc1)c1ccccc1.NC=Cc1ccccc1.c1ccccc1. The van der Waals surface area contributed by atoms with Crippen LogP contribution in [0.1, 0.15) is 16.7 Å². The zero-order valence-electron chi connectivity index (χ0n) is 16.6. The maximum atomic E-state index is 5.18. The maximum Gasteiger partial charge on any atom is -0.00564 e. The van der Waals surface area contributed by atoms with Crippen LogP contribution in [0.4, 0.5) is 0 Å². The first kappa shape index (κ1) is 21.5.